The average molecular weight is 382 g/mol. The summed E-state index contributed by atoms with van der Waals surface area (Å²) in [5, 5.41) is 27.8. The van der Waals surface area contributed by atoms with E-state index in [9.17, 15) is 24.6 Å². The van der Waals surface area contributed by atoms with Crippen LogP contribution in [0.25, 0.3) is 0 Å². The van der Waals surface area contributed by atoms with Crippen LogP contribution in [0.1, 0.15) is 52.9 Å². The number of hydrogen-bond donors (Lipinski definition) is 3. The summed E-state index contributed by atoms with van der Waals surface area (Å²) in [5.74, 6) is -3.33. The Labute approximate surface area is 160 Å². The molecular formula is C20H30O7. The van der Waals surface area contributed by atoms with Gasteiger partial charge in [0.25, 0.3) is 0 Å². The van der Waals surface area contributed by atoms with Gasteiger partial charge in [0.05, 0.1) is 23.9 Å². The summed E-state index contributed by atoms with van der Waals surface area (Å²) in [6.07, 6.45) is 4.22. The number of esters is 1. The minimum absolute atomic E-state index is 0.0541. The van der Waals surface area contributed by atoms with Crippen LogP contribution in [0.3, 0.4) is 0 Å². The Morgan fingerprint density at radius 1 is 1.15 bits per heavy atom. The zero-order valence-electron chi connectivity index (χ0n) is 16.2. The normalized spacial score (nSPS) is 14.4. The Kier molecular flexibility index (Phi) is 11.7. The van der Waals surface area contributed by atoms with Crippen LogP contribution in [-0.4, -0.2) is 45.9 Å². The van der Waals surface area contributed by atoms with E-state index >= 15 is 0 Å². The standard InChI is InChI=1S/C20H30O7/c1-5-7-8-15(6-2)12-27-20(26)14(4)17(11-13(3)21)16(19(24)25)9-10-18(22)23/h9-10,13,15,21H,4-8,11-12H2,1-3H3,(H,22,23)(H,24,25). The van der Waals surface area contributed by atoms with Crippen LogP contribution < -0.4 is 0 Å². The van der Waals surface area contributed by atoms with Crippen LogP contribution in [0.15, 0.2) is 35.5 Å². The van der Waals surface area contributed by atoms with Gasteiger partial charge in [-0.3, -0.25) is 0 Å². The molecule has 0 saturated carbocycles. The zero-order valence-corrected chi connectivity index (χ0v) is 16.2. The van der Waals surface area contributed by atoms with Crippen molar-refractivity contribution in [1.29, 1.82) is 0 Å². The van der Waals surface area contributed by atoms with Crippen LogP contribution >= 0.6 is 0 Å². The first-order valence-electron chi connectivity index (χ1n) is 9.05. The average Bonchev–Trinajstić information content (AvgIpc) is 2.59. The lowest BCUT2D eigenvalue weighted by Gasteiger charge is -2.17. The number of aliphatic carboxylic acids is 2. The second-order valence-electron chi connectivity index (χ2n) is 6.42. The number of aliphatic hydroxyl groups excluding tert-OH is 1. The van der Waals surface area contributed by atoms with Gasteiger partial charge < -0.3 is 20.1 Å². The Morgan fingerprint density at radius 2 is 1.78 bits per heavy atom. The fraction of sp³-hybridized carbons (Fsp3) is 0.550. The second-order valence-corrected chi connectivity index (χ2v) is 6.42. The second kappa shape index (κ2) is 12.9. The lowest BCUT2D eigenvalue weighted by molar-refractivity contribution is -0.140. The van der Waals surface area contributed by atoms with Crippen molar-refractivity contribution in [3.05, 3.63) is 35.5 Å². The van der Waals surface area contributed by atoms with Crippen LogP contribution in [0.2, 0.25) is 0 Å². The van der Waals surface area contributed by atoms with Crippen LogP contribution in [0.4, 0.5) is 0 Å². The summed E-state index contributed by atoms with van der Waals surface area (Å²) in [4.78, 5) is 34.6. The lowest BCUT2D eigenvalue weighted by atomic mass is 9.95. The molecule has 2 unspecified atom stereocenters. The van der Waals surface area contributed by atoms with Gasteiger partial charge in [0.15, 0.2) is 0 Å². The highest BCUT2D eigenvalue weighted by Crippen LogP contribution is 2.23. The fourth-order valence-corrected chi connectivity index (χ4v) is 2.45. The highest BCUT2D eigenvalue weighted by atomic mass is 16.5. The molecule has 0 aromatic rings. The predicted octanol–water partition coefficient (Wildman–Crippen LogP) is 3.10. The van der Waals surface area contributed by atoms with E-state index in [4.69, 9.17) is 9.84 Å². The molecule has 152 valence electrons. The number of aliphatic hydroxyl groups is 1. The molecule has 0 saturated heterocycles. The molecule has 27 heavy (non-hydrogen) atoms. The minimum Gasteiger partial charge on any atom is -0.478 e. The summed E-state index contributed by atoms with van der Waals surface area (Å²) in [6.45, 7) is 9.32. The molecule has 0 radical (unpaired) electrons. The SMILES string of the molecule is C=C(C(=O)OCC(CC)CCCC)C(CC(C)O)=C(C=CC(=O)O)C(=O)O. The zero-order chi connectivity index (χ0) is 21.0. The highest BCUT2D eigenvalue weighted by Gasteiger charge is 2.22. The van der Waals surface area contributed by atoms with E-state index in [1.165, 1.54) is 6.92 Å². The van der Waals surface area contributed by atoms with Crippen LogP contribution in [-0.2, 0) is 19.1 Å². The molecule has 0 aliphatic heterocycles. The van der Waals surface area contributed by atoms with Gasteiger partial charge in [-0.05, 0) is 37.3 Å². The van der Waals surface area contributed by atoms with E-state index in [0.717, 1.165) is 31.8 Å². The maximum absolute atomic E-state index is 12.4. The summed E-state index contributed by atoms with van der Waals surface area (Å²) in [5.41, 5.74) is -0.673. The molecule has 0 aliphatic carbocycles. The van der Waals surface area contributed by atoms with Gasteiger partial charge in [0, 0.05) is 6.08 Å². The molecule has 0 aliphatic rings. The largest absolute Gasteiger partial charge is 0.478 e. The summed E-state index contributed by atoms with van der Waals surface area (Å²) in [7, 11) is 0. The van der Waals surface area contributed by atoms with Crippen LogP contribution in [0.5, 0.6) is 0 Å². The van der Waals surface area contributed by atoms with Gasteiger partial charge in [-0.2, -0.15) is 0 Å². The maximum Gasteiger partial charge on any atom is 0.337 e. The van der Waals surface area contributed by atoms with Crippen molar-refractivity contribution < 1.29 is 34.4 Å². The first-order valence-corrected chi connectivity index (χ1v) is 9.05. The molecule has 7 nitrogen and oxygen atoms in total. The first kappa shape index (κ1) is 24.6. The number of carboxylic acids is 2. The number of unbranched alkanes of at least 4 members (excludes halogenated alkanes) is 1. The van der Waals surface area contributed by atoms with Crippen molar-refractivity contribution in [1.82, 2.24) is 0 Å². The monoisotopic (exact) mass is 382 g/mol. The number of carbonyl (C=O) groups is 3. The van der Waals surface area contributed by atoms with Gasteiger partial charge in [-0.25, -0.2) is 14.4 Å². The van der Waals surface area contributed by atoms with Gasteiger partial charge >= 0.3 is 17.9 Å². The predicted molar refractivity (Wildman–Crippen MR) is 101 cm³/mol. The number of ether oxygens (including phenoxy) is 1. The van der Waals surface area contributed by atoms with Gasteiger partial charge in [-0.1, -0.05) is 39.7 Å². The minimum atomic E-state index is -1.42. The van der Waals surface area contributed by atoms with Crippen LogP contribution in [0, 0.1) is 5.92 Å². The lowest BCUT2D eigenvalue weighted by Crippen LogP contribution is -2.19. The van der Waals surface area contributed by atoms with E-state index in [2.05, 4.69) is 13.5 Å². The molecule has 0 rings (SSSR count). The number of hydrogen-bond acceptors (Lipinski definition) is 5. The summed E-state index contributed by atoms with van der Waals surface area (Å²) in [6, 6.07) is 0. The molecule has 3 N–H and O–H groups in total. The third-order valence-corrected chi connectivity index (χ3v) is 4.05. The smallest absolute Gasteiger partial charge is 0.337 e. The number of carbonyl (C=O) groups excluding carboxylic acids is 1. The van der Waals surface area contributed by atoms with E-state index in [0.29, 0.717) is 6.08 Å². The molecule has 0 heterocycles. The fourth-order valence-electron chi connectivity index (χ4n) is 2.45. The van der Waals surface area contributed by atoms with Gasteiger partial charge in [0.2, 0.25) is 0 Å². The van der Waals surface area contributed by atoms with Crippen molar-refractivity contribution in [3.8, 4) is 0 Å². The molecule has 0 bridgehead atoms. The third kappa shape index (κ3) is 9.75. The van der Waals surface area contributed by atoms with E-state index in [-0.39, 0.29) is 30.1 Å². The summed E-state index contributed by atoms with van der Waals surface area (Å²) >= 11 is 0. The molecule has 0 aromatic carbocycles. The molecule has 0 spiro atoms. The summed E-state index contributed by atoms with van der Waals surface area (Å²) < 4.78 is 5.28. The molecular weight excluding hydrogens is 352 g/mol. The van der Waals surface area contributed by atoms with Crippen molar-refractivity contribution >= 4 is 17.9 Å². The molecule has 0 amide bonds. The Balaban J connectivity index is 5.51. The molecule has 2 atom stereocenters. The number of rotatable bonds is 13. The van der Waals surface area contributed by atoms with Gasteiger partial charge in [0.1, 0.15) is 0 Å². The maximum atomic E-state index is 12.4. The molecule has 0 fully saturated rings. The van der Waals surface area contributed by atoms with Gasteiger partial charge in [-0.15, -0.1) is 0 Å². The van der Waals surface area contributed by atoms with Crippen molar-refractivity contribution in [3.63, 3.8) is 0 Å². The topological polar surface area (TPSA) is 121 Å². The van der Waals surface area contributed by atoms with Crippen molar-refractivity contribution in [2.24, 2.45) is 5.92 Å². The van der Waals surface area contributed by atoms with E-state index < -0.39 is 29.6 Å². The third-order valence-electron chi connectivity index (χ3n) is 4.05. The first-order chi connectivity index (χ1) is 12.6. The quantitative estimate of drug-likeness (QED) is 0.254. The molecule has 0 aromatic heterocycles. The van der Waals surface area contributed by atoms with Crippen molar-refractivity contribution in [2.45, 2.75) is 59.0 Å². The van der Waals surface area contributed by atoms with Crippen molar-refractivity contribution in [2.75, 3.05) is 6.61 Å². The van der Waals surface area contributed by atoms with E-state index in [1.807, 2.05) is 6.92 Å². The Hall–Kier alpha value is -2.41. The highest BCUT2D eigenvalue weighted by molar-refractivity contribution is 6.00. The Morgan fingerprint density at radius 3 is 2.22 bits per heavy atom. The Bertz CT molecular complexity index is 599. The molecule has 7 heteroatoms. The van der Waals surface area contributed by atoms with E-state index in [1.54, 1.807) is 0 Å². The number of carboxylic acid groups (broad SMARTS) is 2.